The van der Waals surface area contributed by atoms with Crippen LogP contribution in [0.1, 0.15) is 34.1 Å². The van der Waals surface area contributed by atoms with Gasteiger partial charge in [0.1, 0.15) is 12.7 Å². The molecule has 7 heteroatoms. The van der Waals surface area contributed by atoms with E-state index in [1.807, 2.05) is 30.3 Å². The Morgan fingerprint density at radius 1 is 1.07 bits per heavy atom. The van der Waals surface area contributed by atoms with Crippen LogP contribution >= 0.6 is 11.6 Å². The molecule has 0 radical (unpaired) electrons. The summed E-state index contributed by atoms with van der Waals surface area (Å²) >= 11 is 6.14. The number of aliphatic hydroxyl groups is 1. The lowest BCUT2D eigenvalue weighted by molar-refractivity contribution is 0.0508. The molecule has 0 fully saturated rings. The maximum atomic E-state index is 15.0. The Morgan fingerprint density at radius 2 is 1.80 bits per heavy atom. The predicted octanol–water partition coefficient (Wildman–Crippen LogP) is 5.13. The standard InChI is InChI=1S/C23H23ClFNO4/c1-14-11-19(29-12-16-7-5-4-6-8-16)21(25)15(2)20(14)22(27)17-9-10-18(23(24)26-17)30-13-28-3/h4-11,22,27H,12-13H2,1-3H3. The van der Waals surface area contributed by atoms with Gasteiger partial charge in [-0.15, -0.1) is 0 Å². The van der Waals surface area contributed by atoms with Crippen LogP contribution in [0.5, 0.6) is 11.5 Å². The van der Waals surface area contributed by atoms with Gasteiger partial charge in [0.25, 0.3) is 0 Å². The lowest BCUT2D eigenvalue weighted by Gasteiger charge is -2.20. The van der Waals surface area contributed by atoms with Crippen molar-refractivity contribution in [2.24, 2.45) is 0 Å². The number of hydrogen-bond acceptors (Lipinski definition) is 5. The highest BCUT2D eigenvalue weighted by Crippen LogP contribution is 2.35. The van der Waals surface area contributed by atoms with Crippen molar-refractivity contribution in [3.63, 3.8) is 0 Å². The van der Waals surface area contributed by atoms with Crippen LogP contribution in [-0.4, -0.2) is 24.0 Å². The minimum atomic E-state index is -1.16. The van der Waals surface area contributed by atoms with Gasteiger partial charge in [-0.25, -0.2) is 9.37 Å². The maximum absolute atomic E-state index is 15.0. The van der Waals surface area contributed by atoms with Crippen molar-refractivity contribution in [3.05, 3.63) is 87.4 Å². The van der Waals surface area contributed by atoms with Crippen LogP contribution in [0.25, 0.3) is 0 Å². The number of pyridine rings is 1. The van der Waals surface area contributed by atoms with Crippen molar-refractivity contribution >= 4 is 11.6 Å². The van der Waals surface area contributed by atoms with Gasteiger partial charge in [0.2, 0.25) is 0 Å². The fourth-order valence-electron chi connectivity index (χ4n) is 3.16. The molecule has 0 saturated carbocycles. The minimum Gasteiger partial charge on any atom is -0.486 e. The molecule has 1 unspecified atom stereocenters. The Kier molecular flexibility index (Phi) is 7.26. The first-order chi connectivity index (χ1) is 14.4. The van der Waals surface area contributed by atoms with Crippen molar-refractivity contribution in [2.75, 3.05) is 13.9 Å². The Balaban J connectivity index is 1.85. The lowest BCUT2D eigenvalue weighted by atomic mass is 9.95. The Hall–Kier alpha value is -2.67. The van der Waals surface area contributed by atoms with Gasteiger partial charge < -0.3 is 19.3 Å². The molecular formula is C23H23ClFNO4. The van der Waals surface area contributed by atoms with Crippen LogP contribution in [0.3, 0.4) is 0 Å². The SMILES string of the molecule is COCOc1ccc(C(O)c2c(C)cc(OCc3ccccc3)c(F)c2C)nc1Cl. The first-order valence-electron chi connectivity index (χ1n) is 9.35. The van der Waals surface area contributed by atoms with Crippen molar-refractivity contribution in [2.45, 2.75) is 26.6 Å². The number of halogens is 2. The van der Waals surface area contributed by atoms with E-state index in [1.165, 1.54) is 7.11 Å². The second-order valence-corrected chi connectivity index (χ2v) is 7.16. The molecule has 30 heavy (non-hydrogen) atoms. The third-order valence-electron chi connectivity index (χ3n) is 4.68. The average molecular weight is 432 g/mol. The van der Waals surface area contributed by atoms with Gasteiger partial charge in [0.15, 0.2) is 29.3 Å². The fraction of sp³-hybridized carbons (Fsp3) is 0.261. The monoisotopic (exact) mass is 431 g/mol. The molecule has 1 N–H and O–H groups in total. The number of rotatable bonds is 8. The highest BCUT2D eigenvalue weighted by atomic mass is 35.5. The van der Waals surface area contributed by atoms with E-state index in [9.17, 15) is 9.50 Å². The Labute approximate surface area is 180 Å². The second-order valence-electron chi connectivity index (χ2n) is 6.80. The summed E-state index contributed by atoms with van der Waals surface area (Å²) in [6.07, 6.45) is -1.16. The Bertz CT molecular complexity index is 1010. The predicted molar refractivity (Wildman–Crippen MR) is 112 cm³/mol. The van der Waals surface area contributed by atoms with Gasteiger partial charge in [-0.1, -0.05) is 41.9 Å². The topological polar surface area (TPSA) is 60.8 Å². The van der Waals surface area contributed by atoms with Crippen LogP contribution in [0, 0.1) is 19.7 Å². The number of aromatic nitrogens is 1. The van der Waals surface area contributed by atoms with Crippen LogP contribution in [0.4, 0.5) is 4.39 Å². The van der Waals surface area contributed by atoms with Gasteiger partial charge in [0, 0.05) is 7.11 Å². The zero-order valence-corrected chi connectivity index (χ0v) is 17.7. The third-order valence-corrected chi connectivity index (χ3v) is 4.95. The molecule has 1 atom stereocenters. The number of aliphatic hydroxyl groups excluding tert-OH is 1. The fourth-order valence-corrected chi connectivity index (χ4v) is 3.38. The average Bonchev–Trinajstić information content (AvgIpc) is 2.75. The number of aryl methyl sites for hydroxylation is 1. The molecule has 3 rings (SSSR count). The van der Waals surface area contributed by atoms with Crippen molar-refractivity contribution in [1.82, 2.24) is 4.98 Å². The molecule has 0 saturated heterocycles. The number of ether oxygens (including phenoxy) is 3. The first-order valence-corrected chi connectivity index (χ1v) is 9.72. The van der Waals surface area contributed by atoms with Gasteiger partial charge in [-0.2, -0.15) is 0 Å². The molecule has 1 heterocycles. The minimum absolute atomic E-state index is 0.0250. The van der Waals surface area contributed by atoms with E-state index in [2.05, 4.69) is 4.98 Å². The molecular weight excluding hydrogens is 409 g/mol. The summed E-state index contributed by atoms with van der Waals surface area (Å²) < 4.78 is 30.8. The molecule has 2 aromatic carbocycles. The number of benzene rings is 2. The zero-order valence-electron chi connectivity index (χ0n) is 17.0. The van der Waals surface area contributed by atoms with Gasteiger partial charge in [-0.05, 0) is 54.3 Å². The quantitative estimate of drug-likeness (QED) is 0.395. The van der Waals surface area contributed by atoms with Crippen LogP contribution < -0.4 is 9.47 Å². The molecule has 3 aromatic rings. The van der Waals surface area contributed by atoms with E-state index < -0.39 is 11.9 Å². The van der Waals surface area contributed by atoms with Crippen LogP contribution in [-0.2, 0) is 11.3 Å². The van der Waals surface area contributed by atoms with E-state index in [0.717, 1.165) is 5.56 Å². The van der Waals surface area contributed by atoms with E-state index in [1.54, 1.807) is 32.0 Å². The molecule has 0 bridgehead atoms. The molecule has 0 aliphatic heterocycles. The maximum Gasteiger partial charge on any atom is 0.188 e. The van der Waals surface area contributed by atoms with E-state index in [4.69, 9.17) is 25.8 Å². The van der Waals surface area contributed by atoms with Gasteiger partial charge in [-0.3, -0.25) is 0 Å². The summed E-state index contributed by atoms with van der Waals surface area (Å²) in [6, 6.07) is 14.3. The molecule has 5 nitrogen and oxygen atoms in total. The van der Waals surface area contributed by atoms with Crippen molar-refractivity contribution in [3.8, 4) is 11.5 Å². The molecule has 1 aromatic heterocycles. The van der Waals surface area contributed by atoms with E-state index in [-0.39, 0.29) is 30.0 Å². The number of methoxy groups -OCH3 is 1. The summed E-state index contributed by atoms with van der Waals surface area (Å²) in [7, 11) is 1.49. The third kappa shape index (κ3) is 4.90. The first kappa shape index (κ1) is 22.0. The smallest absolute Gasteiger partial charge is 0.188 e. The summed E-state index contributed by atoms with van der Waals surface area (Å²) in [5.41, 5.74) is 2.62. The van der Waals surface area contributed by atoms with Crippen molar-refractivity contribution in [1.29, 1.82) is 0 Å². The lowest BCUT2D eigenvalue weighted by Crippen LogP contribution is -2.10. The Morgan fingerprint density at radius 3 is 2.47 bits per heavy atom. The van der Waals surface area contributed by atoms with E-state index >= 15 is 0 Å². The summed E-state index contributed by atoms with van der Waals surface area (Å²) in [6.45, 7) is 3.67. The van der Waals surface area contributed by atoms with Crippen LogP contribution in [0.2, 0.25) is 5.15 Å². The molecule has 0 aliphatic carbocycles. The summed E-state index contributed by atoms with van der Waals surface area (Å²) in [5, 5.41) is 11.0. The highest BCUT2D eigenvalue weighted by Gasteiger charge is 2.23. The number of hydrogen-bond donors (Lipinski definition) is 1. The van der Waals surface area contributed by atoms with Gasteiger partial charge in [0.05, 0.1) is 5.69 Å². The molecule has 0 spiro atoms. The largest absolute Gasteiger partial charge is 0.486 e. The number of nitrogens with zero attached hydrogens (tertiary/aromatic N) is 1. The molecule has 158 valence electrons. The molecule has 0 amide bonds. The summed E-state index contributed by atoms with van der Waals surface area (Å²) in [4.78, 5) is 4.19. The second kappa shape index (κ2) is 9.89. The summed E-state index contributed by atoms with van der Waals surface area (Å²) in [5.74, 6) is -0.0467. The zero-order chi connectivity index (χ0) is 21.7. The van der Waals surface area contributed by atoms with Crippen LogP contribution in [0.15, 0.2) is 48.5 Å². The van der Waals surface area contributed by atoms with E-state index in [0.29, 0.717) is 22.4 Å². The highest BCUT2D eigenvalue weighted by molar-refractivity contribution is 6.30. The normalized spacial score (nSPS) is 11.9. The molecule has 0 aliphatic rings. The van der Waals surface area contributed by atoms with Gasteiger partial charge >= 0.3 is 0 Å². The van der Waals surface area contributed by atoms with Crippen molar-refractivity contribution < 1.29 is 23.7 Å².